The van der Waals surface area contributed by atoms with Crippen molar-refractivity contribution in [3.63, 3.8) is 0 Å². The molecule has 1 amide bonds. The van der Waals surface area contributed by atoms with Crippen molar-refractivity contribution in [2.45, 2.75) is 49.9 Å². The molecule has 1 unspecified atom stereocenters. The van der Waals surface area contributed by atoms with E-state index in [9.17, 15) is 4.79 Å². The van der Waals surface area contributed by atoms with Crippen molar-refractivity contribution in [1.82, 2.24) is 0 Å². The lowest BCUT2D eigenvalue weighted by Crippen LogP contribution is -2.29. The quantitative estimate of drug-likeness (QED) is 0.755. The van der Waals surface area contributed by atoms with Crippen LogP contribution in [0.3, 0.4) is 0 Å². The summed E-state index contributed by atoms with van der Waals surface area (Å²) >= 11 is 1.83. The Kier molecular flexibility index (Phi) is 5.36. The van der Waals surface area contributed by atoms with E-state index in [0.29, 0.717) is 22.9 Å². The Hall–Kier alpha value is -1.40. The maximum absolute atomic E-state index is 12.3. The van der Waals surface area contributed by atoms with Crippen LogP contribution in [0.4, 0.5) is 0 Å². The van der Waals surface area contributed by atoms with Gasteiger partial charge in [-0.3, -0.25) is 4.79 Å². The van der Waals surface area contributed by atoms with E-state index >= 15 is 0 Å². The van der Waals surface area contributed by atoms with Gasteiger partial charge < -0.3 is 9.47 Å². The second kappa shape index (κ2) is 7.87. The van der Waals surface area contributed by atoms with Gasteiger partial charge in [0.2, 0.25) is 0 Å². The predicted molar refractivity (Wildman–Crippen MR) is 100 cm³/mol. The third-order valence-corrected chi connectivity index (χ3v) is 6.41. The smallest absolute Gasteiger partial charge is 0.260 e. The molecule has 5 nitrogen and oxygen atoms in total. The molecule has 1 atom stereocenters. The van der Waals surface area contributed by atoms with E-state index in [1.807, 2.05) is 30.0 Å². The van der Waals surface area contributed by atoms with Crippen molar-refractivity contribution in [3.05, 3.63) is 24.0 Å². The number of carbonyl (C=O) groups is 1. The molecule has 0 radical (unpaired) electrons. The lowest BCUT2D eigenvalue weighted by atomic mass is 9.96. The van der Waals surface area contributed by atoms with E-state index in [-0.39, 0.29) is 11.8 Å². The van der Waals surface area contributed by atoms with Crippen LogP contribution in [0.5, 0.6) is 0 Å². The Labute approximate surface area is 152 Å². The summed E-state index contributed by atoms with van der Waals surface area (Å²) in [6.45, 7) is 1.66. The molecule has 0 aromatic heterocycles. The molecule has 6 heteroatoms. The number of rotatable bonds is 5. The summed E-state index contributed by atoms with van der Waals surface area (Å²) in [7, 11) is 0. The highest BCUT2D eigenvalue weighted by Gasteiger charge is 2.29. The summed E-state index contributed by atoms with van der Waals surface area (Å²) in [6.07, 6.45) is 12.9. The number of hydrogen-bond donors (Lipinski definition) is 0. The molecule has 1 saturated carbocycles. The molecule has 4 aliphatic rings. The van der Waals surface area contributed by atoms with E-state index < -0.39 is 0 Å². The summed E-state index contributed by atoms with van der Waals surface area (Å²) in [6, 6.07) is 0. The molecule has 0 bridgehead atoms. The fraction of sp³-hybridized carbons (Fsp3) is 0.632. The lowest BCUT2D eigenvalue weighted by molar-refractivity contribution is -0.118. The Morgan fingerprint density at radius 2 is 1.96 bits per heavy atom. The molecule has 2 aliphatic heterocycles. The molecule has 1 saturated heterocycles. The molecular formula is C19H24N2O3S. The minimum absolute atomic E-state index is 0.111. The zero-order chi connectivity index (χ0) is 17.1. The van der Waals surface area contributed by atoms with Crippen LogP contribution in [0, 0.1) is 5.92 Å². The topological polar surface area (TPSA) is 60.2 Å². The molecule has 25 heavy (non-hydrogen) atoms. The Balaban J connectivity index is 1.40. The van der Waals surface area contributed by atoms with E-state index in [4.69, 9.17) is 9.47 Å². The van der Waals surface area contributed by atoms with E-state index in [1.165, 1.54) is 12.8 Å². The van der Waals surface area contributed by atoms with Crippen molar-refractivity contribution in [2.24, 2.45) is 15.9 Å². The second-order valence-corrected chi connectivity index (χ2v) is 8.22. The maximum atomic E-state index is 12.3. The molecule has 0 spiro atoms. The van der Waals surface area contributed by atoms with Gasteiger partial charge in [0.15, 0.2) is 0 Å². The number of nitrogens with zero attached hydrogens (tertiary/aromatic N) is 2. The zero-order valence-electron chi connectivity index (χ0n) is 14.4. The van der Waals surface area contributed by atoms with Gasteiger partial charge in [-0.15, -0.1) is 0 Å². The van der Waals surface area contributed by atoms with Gasteiger partial charge >= 0.3 is 0 Å². The highest BCUT2D eigenvalue weighted by molar-refractivity contribution is 8.00. The first-order chi connectivity index (χ1) is 12.3. The standard InChI is InChI=1S/C19H24N2O3S/c22-19-16-6-5-14(24-13-3-1-2-4-13)11-17(16)20-18(21-19)12-25-15-7-9-23-10-8-15/h5-6,11,13,15-16H,1-4,7-10,12H2. The van der Waals surface area contributed by atoms with Gasteiger partial charge in [-0.1, -0.05) is 6.08 Å². The maximum Gasteiger partial charge on any atom is 0.260 e. The number of allylic oxidation sites excluding steroid dienone is 2. The van der Waals surface area contributed by atoms with Crippen LogP contribution in [0.25, 0.3) is 0 Å². The summed E-state index contributed by atoms with van der Waals surface area (Å²) in [4.78, 5) is 21.2. The molecule has 4 rings (SSSR count). The Bertz CT molecular complexity index is 641. The number of thioether (sulfide) groups is 1. The van der Waals surface area contributed by atoms with Crippen LogP contribution < -0.4 is 0 Å². The van der Waals surface area contributed by atoms with Crippen LogP contribution in [0.2, 0.25) is 0 Å². The van der Waals surface area contributed by atoms with Crippen molar-refractivity contribution in [2.75, 3.05) is 19.0 Å². The summed E-state index contributed by atoms with van der Waals surface area (Å²) < 4.78 is 11.4. The monoisotopic (exact) mass is 360 g/mol. The zero-order valence-corrected chi connectivity index (χ0v) is 15.2. The average Bonchev–Trinajstić information content (AvgIpc) is 3.14. The van der Waals surface area contributed by atoms with E-state index in [1.54, 1.807) is 0 Å². The van der Waals surface area contributed by atoms with E-state index in [0.717, 1.165) is 50.4 Å². The minimum Gasteiger partial charge on any atom is -0.490 e. The van der Waals surface area contributed by atoms with Crippen LogP contribution in [0.15, 0.2) is 34.0 Å². The number of hydrogen-bond acceptors (Lipinski definition) is 5. The van der Waals surface area contributed by atoms with Gasteiger partial charge in [0.1, 0.15) is 17.5 Å². The predicted octanol–water partition coefficient (Wildman–Crippen LogP) is 3.31. The first kappa shape index (κ1) is 17.0. The van der Waals surface area contributed by atoms with Crippen molar-refractivity contribution < 1.29 is 14.3 Å². The molecule has 2 aliphatic carbocycles. The number of amidine groups is 1. The van der Waals surface area contributed by atoms with Gasteiger partial charge in [0.25, 0.3) is 5.91 Å². The SMILES string of the molecule is O=C1N=C(CSC2CCOCC2)N=C2C=C(OC3CCCC3)C=CC12. The minimum atomic E-state index is -0.340. The molecule has 134 valence electrons. The van der Waals surface area contributed by atoms with Crippen molar-refractivity contribution in [3.8, 4) is 0 Å². The van der Waals surface area contributed by atoms with Gasteiger partial charge in [-0.25, -0.2) is 4.99 Å². The van der Waals surface area contributed by atoms with Crippen molar-refractivity contribution >= 4 is 29.2 Å². The molecular weight excluding hydrogens is 336 g/mol. The van der Waals surface area contributed by atoms with Crippen LogP contribution in [-0.2, 0) is 14.3 Å². The van der Waals surface area contributed by atoms with Gasteiger partial charge in [0, 0.05) is 24.5 Å². The number of fused-ring (bicyclic) bond motifs is 1. The number of ether oxygens (including phenoxy) is 2. The highest BCUT2D eigenvalue weighted by Crippen LogP contribution is 2.28. The number of carbonyl (C=O) groups excluding carboxylic acids is 1. The fourth-order valence-corrected chi connectivity index (χ4v) is 4.67. The van der Waals surface area contributed by atoms with Gasteiger partial charge in [0.05, 0.1) is 17.6 Å². The fourth-order valence-electron chi connectivity index (χ4n) is 3.63. The van der Waals surface area contributed by atoms with Crippen LogP contribution in [0.1, 0.15) is 38.5 Å². The molecule has 0 N–H and O–H groups in total. The molecule has 0 aromatic carbocycles. The molecule has 2 fully saturated rings. The highest BCUT2D eigenvalue weighted by atomic mass is 32.2. The number of amides is 1. The molecule has 2 heterocycles. The summed E-state index contributed by atoms with van der Waals surface area (Å²) in [5, 5.41) is 0.576. The van der Waals surface area contributed by atoms with Crippen LogP contribution in [-0.4, -0.2) is 47.8 Å². The normalized spacial score (nSPS) is 27.6. The first-order valence-electron chi connectivity index (χ1n) is 9.24. The van der Waals surface area contributed by atoms with Gasteiger partial charge in [-0.05, 0) is 44.6 Å². The summed E-state index contributed by atoms with van der Waals surface area (Å²) in [5.41, 5.74) is 0.776. The third kappa shape index (κ3) is 4.23. The van der Waals surface area contributed by atoms with Gasteiger partial charge in [-0.2, -0.15) is 16.8 Å². The second-order valence-electron chi connectivity index (χ2n) is 6.93. The first-order valence-corrected chi connectivity index (χ1v) is 10.3. The van der Waals surface area contributed by atoms with Crippen molar-refractivity contribution in [1.29, 1.82) is 0 Å². The lowest BCUT2D eigenvalue weighted by Gasteiger charge is -2.23. The third-order valence-electron chi connectivity index (χ3n) is 5.05. The average molecular weight is 360 g/mol. The summed E-state index contributed by atoms with van der Waals surface area (Å²) in [5.74, 6) is 1.70. The van der Waals surface area contributed by atoms with Crippen LogP contribution >= 0.6 is 11.8 Å². The number of aliphatic imine (C=N–C) groups is 2. The Morgan fingerprint density at radius 1 is 1.16 bits per heavy atom. The Morgan fingerprint density at radius 3 is 2.76 bits per heavy atom. The largest absolute Gasteiger partial charge is 0.490 e. The van der Waals surface area contributed by atoms with E-state index in [2.05, 4.69) is 9.98 Å². The molecule has 0 aromatic rings.